The van der Waals surface area contributed by atoms with E-state index in [0.717, 1.165) is 32.4 Å². The summed E-state index contributed by atoms with van der Waals surface area (Å²) in [6.45, 7) is 8.80. The number of likely N-dealkylation sites (tertiary alicyclic amines) is 1. The summed E-state index contributed by atoms with van der Waals surface area (Å²) in [6.07, 6.45) is 7.49. The maximum Gasteiger partial charge on any atom is 0.222 e. The number of amides is 1. The Morgan fingerprint density at radius 3 is 2.63 bits per heavy atom. The quantitative estimate of drug-likeness (QED) is 0.778. The lowest BCUT2D eigenvalue weighted by Crippen LogP contribution is -2.37. The van der Waals surface area contributed by atoms with Gasteiger partial charge in [0.05, 0.1) is 0 Å². The molecular formula is C16H30N2O. The maximum atomic E-state index is 12.4. The third-order valence-corrected chi connectivity index (χ3v) is 4.83. The van der Waals surface area contributed by atoms with Gasteiger partial charge in [-0.3, -0.25) is 4.79 Å². The minimum Gasteiger partial charge on any atom is -0.339 e. The Labute approximate surface area is 117 Å². The van der Waals surface area contributed by atoms with Gasteiger partial charge in [-0.25, -0.2) is 0 Å². The first-order valence-electron chi connectivity index (χ1n) is 7.85. The summed E-state index contributed by atoms with van der Waals surface area (Å²) in [7, 11) is 0. The molecule has 0 aromatic carbocycles. The van der Waals surface area contributed by atoms with Crippen molar-refractivity contribution in [3.8, 4) is 0 Å². The molecule has 2 rings (SSSR count). The van der Waals surface area contributed by atoms with Gasteiger partial charge < -0.3 is 10.6 Å². The van der Waals surface area contributed by atoms with E-state index in [1.54, 1.807) is 0 Å². The number of hydrogen-bond acceptors (Lipinski definition) is 2. The van der Waals surface area contributed by atoms with E-state index in [2.05, 4.69) is 25.7 Å². The van der Waals surface area contributed by atoms with E-state index >= 15 is 0 Å². The van der Waals surface area contributed by atoms with E-state index < -0.39 is 0 Å². The van der Waals surface area contributed by atoms with Gasteiger partial charge in [-0.15, -0.1) is 0 Å². The number of nitrogens with two attached hydrogens (primary N) is 1. The lowest BCUT2D eigenvalue weighted by molar-refractivity contribution is -0.132. The van der Waals surface area contributed by atoms with Gasteiger partial charge in [-0.2, -0.15) is 0 Å². The van der Waals surface area contributed by atoms with Gasteiger partial charge in [0.2, 0.25) is 5.91 Å². The zero-order valence-electron chi connectivity index (χ0n) is 12.9. The van der Waals surface area contributed by atoms with Crippen molar-refractivity contribution in [1.29, 1.82) is 0 Å². The van der Waals surface area contributed by atoms with Crippen molar-refractivity contribution in [2.45, 2.75) is 71.8 Å². The fourth-order valence-electron chi connectivity index (χ4n) is 4.49. The SMILES string of the molecule is CC1(C)CC2CC(C)(CN2C(=O)CCCCCN)C1. The molecule has 3 nitrogen and oxygen atoms in total. The Bertz CT molecular complexity index is 340. The summed E-state index contributed by atoms with van der Waals surface area (Å²) < 4.78 is 0. The number of carbonyl (C=O) groups excluding carboxylic acids is 1. The van der Waals surface area contributed by atoms with Crippen LogP contribution in [0.1, 0.15) is 65.7 Å². The third-order valence-electron chi connectivity index (χ3n) is 4.83. The van der Waals surface area contributed by atoms with Crippen LogP contribution in [0.25, 0.3) is 0 Å². The van der Waals surface area contributed by atoms with E-state index in [-0.39, 0.29) is 0 Å². The highest BCUT2D eigenvalue weighted by molar-refractivity contribution is 5.77. The highest BCUT2D eigenvalue weighted by Crippen LogP contribution is 2.52. The van der Waals surface area contributed by atoms with Crippen LogP contribution >= 0.6 is 0 Å². The molecule has 19 heavy (non-hydrogen) atoms. The zero-order chi connectivity index (χ0) is 14.1. The maximum absolute atomic E-state index is 12.4. The number of rotatable bonds is 5. The average molecular weight is 266 g/mol. The molecule has 3 heteroatoms. The Morgan fingerprint density at radius 1 is 1.21 bits per heavy atom. The van der Waals surface area contributed by atoms with E-state index in [1.807, 2.05) is 0 Å². The molecule has 0 spiro atoms. The molecule has 0 aromatic heterocycles. The highest BCUT2D eigenvalue weighted by atomic mass is 16.2. The van der Waals surface area contributed by atoms with Crippen molar-refractivity contribution in [3.05, 3.63) is 0 Å². The molecule has 2 N–H and O–H groups in total. The average Bonchev–Trinajstić information content (AvgIpc) is 2.54. The fraction of sp³-hybridized carbons (Fsp3) is 0.938. The molecule has 2 unspecified atom stereocenters. The number of nitrogens with zero attached hydrogens (tertiary/aromatic N) is 1. The first-order chi connectivity index (χ1) is 8.85. The first kappa shape index (κ1) is 14.8. The van der Waals surface area contributed by atoms with Crippen LogP contribution in [0.3, 0.4) is 0 Å². The second-order valence-electron chi connectivity index (χ2n) is 7.83. The molecule has 1 saturated heterocycles. The molecule has 0 radical (unpaired) electrons. The van der Waals surface area contributed by atoms with E-state index in [0.29, 0.717) is 29.2 Å². The standard InChI is InChI=1S/C16H30N2O/c1-15(2)9-13-10-16(3,11-15)12-18(13)14(19)7-5-4-6-8-17/h13H,4-12,17H2,1-3H3. The van der Waals surface area contributed by atoms with Crippen molar-refractivity contribution >= 4 is 5.91 Å². The summed E-state index contributed by atoms with van der Waals surface area (Å²) in [6, 6.07) is 0.496. The van der Waals surface area contributed by atoms with E-state index in [9.17, 15) is 4.79 Å². The van der Waals surface area contributed by atoms with Gasteiger partial charge in [0.1, 0.15) is 0 Å². The minimum absolute atomic E-state index is 0.360. The number of hydrogen-bond donors (Lipinski definition) is 1. The first-order valence-corrected chi connectivity index (χ1v) is 7.85. The van der Waals surface area contributed by atoms with Crippen LogP contribution in [0.15, 0.2) is 0 Å². The molecule has 2 aliphatic rings. The highest BCUT2D eigenvalue weighted by Gasteiger charge is 2.50. The largest absolute Gasteiger partial charge is 0.339 e. The van der Waals surface area contributed by atoms with Crippen molar-refractivity contribution < 1.29 is 4.79 Å². The van der Waals surface area contributed by atoms with E-state index in [4.69, 9.17) is 5.73 Å². The van der Waals surface area contributed by atoms with Crippen LogP contribution in [0, 0.1) is 10.8 Å². The number of fused-ring (bicyclic) bond motifs is 2. The summed E-state index contributed by atoms with van der Waals surface area (Å²) in [5.41, 5.74) is 6.24. The topological polar surface area (TPSA) is 46.3 Å². The van der Waals surface area contributed by atoms with Gasteiger partial charge >= 0.3 is 0 Å². The van der Waals surface area contributed by atoms with Crippen LogP contribution in [0.4, 0.5) is 0 Å². The summed E-state index contributed by atoms with van der Waals surface area (Å²) in [5, 5.41) is 0. The van der Waals surface area contributed by atoms with Crippen molar-refractivity contribution in [3.63, 3.8) is 0 Å². The lowest BCUT2D eigenvalue weighted by Gasteiger charge is -2.39. The normalized spacial score (nSPS) is 32.6. The van der Waals surface area contributed by atoms with Gasteiger partial charge in [0.25, 0.3) is 0 Å². The fourth-order valence-corrected chi connectivity index (χ4v) is 4.49. The molecule has 0 aromatic rings. The number of unbranched alkanes of at least 4 members (excludes halogenated alkanes) is 2. The van der Waals surface area contributed by atoms with Crippen LogP contribution in [0.5, 0.6) is 0 Å². The van der Waals surface area contributed by atoms with Gasteiger partial charge in [-0.05, 0) is 49.5 Å². The van der Waals surface area contributed by atoms with Gasteiger partial charge in [0, 0.05) is 19.0 Å². The van der Waals surface area contributed by atoms with Crippen molar-refractivity contribution in [2.75, 3.05) is 13.1 Å². The third kappa shape index (κ3) is 3.50. The predicted molar refractivity (Wildman–Crippen MR) is 78.8 cm³/mol. The van der Waals surface area contributed by atoms with Crippen molar-refractivity contribution in [1.82, 2.24) is 4.90 Å². The van der Waals surface area contributed by atoms with Crippen LogP contribution in [-0.4, -0.2) is 29.9 Å². The molecule has 110 valence electrons. The van der Waals surface area contributed by atoms with E-state index in [1.165, 1.54) is 19.3 Å². The minimum atomic E-state index is 0.360. The summed E-state index contributed by atoms with van der Waals surface area (Å²) in [4.78, 5) is 14.6. The second-order valence-corrected chi connectivity index (χ2v) is 7.83. The molecular weight excluding hydrogens is 236 g/mol. The Kier molecular flexibility index (Phi) is 4.24. The van der Waals surface area contributed by atoms with Gasteiger partial charge in [-0.1, -0.05) is 27.2 Å². The van der Waals surface area contributed by atoms with Crippen LogP contribution in [0.2, 0.25) is 0 Å². The molecule has 2 bridgehead atoms. The Hall–Kier alpha value is -0.570. The zero-order valence-corrected chi connectivity index (χ0v) is 12.9. The summed E-state index contributed by atoms with van der Waals surface area (Å²) >= 11 is 0. The van der Waals surface area contributed by atoms with Crippen molar-refractivity contribution in [2.24, 2.45) is 16.6 Å². The molecule has 1 saturated carbocycles. The molecule has 1 amide bonds. The van der Waals surface area contributed by atoms with Gasteiger partial charge in [0.15, 0.2) is 0 Å². The summed E-state index contributed by atoms with van der Waals surface area (Å²) in [5.74, 6) is 0.378. The molecule has 1 heterocycles. The van der Waals surface area contributed by atoms with Crippen LogP contribution < -0.4 is 5.73 Å². The monoisotopic (exact) mass is 266 g/mol. The lowest BCUT2D eigenvalue weighted by atomic mass is 9.65. The molecule has 2 fully saturated rings. The van der Waals surface area contributed by atoms with Crippen LogP contribution in [-0.2, 0) is 4.79 Å². The molecule has 1 aliphatic heterocycles. The molecule has 1 aliphatic carbocycles. The smallest absolute Gasteiger partial charge is 0.222 e. The Balaban J connectivity index is 1.90. The number of carbonyl (C=O) groups is 1. The predicted octanol–water partition coefficient (Wildman–Crippen LogP) is 2.93. The molecule has 2 atom stereocenters. The second kappa shape index (κ2) is 5.43. The Morgan fingerprint density at radius 2 is 1.95 bits per heavy atom.